The zero-order valence-electron chi connectivity index (χ0n) is 13.9. The van der Waals surface area contributed by atoms with E-state index in [0.29, 0.717) is 17.8 Å². The number of aromatic nitrogens is 3. The van der Waals surface area contributed by atoms with Crippen molar-refractivity contribution in [3.8, 4) is 11.3 Å². The van der Waals surface area contributed by atoms with E-state index in [-0.39, 0.29) is 11.9 Å². The molecule has 26 heavy (non-hydrogen) atoms. The molecule has 6 heteroatoms. The second kappa shape index (κ2) is 6.68. The number of carbonyl (C=O) groups excluding carboxylic acids is 1. The molecule has 0 aliphatic rings. The molecule has 1 amide bonds. The van der Waals surface area contributed by atoms with Gasteiger partial charge in [0.05, 0.1) is 11.3 Å². The first kappa shape index (κ1) is 15.8. The summed E-state index contributed by atoms with van der Waals surface area (Å²) in [6.07, 6.45) is 3.36. The van der Waals surface area contributed by atoms with Crippen LogP contribution in [-0.4, -0.2) is 20.9 Å². The minimum absolute atomic E-state index is 0.137. The number of nitrogens with two attached hydrogens (primary N) is 1. The van der Waals surface area contributed by atoms with Gasteiger partial charge in [-0.15, -0.1) is 0 Å². The van der Waals surface area contributed by atoms with Crippen LogP contribution in [0.1, 0.15) is 15.9 Å². The highest BCUT2D eigenvalue weighted by Crippen LogP contribution is 2.21. The lowest BCUT2D eigenvalue weighted by Crippen LogP contribution is -2.24. The van der Waals surface area contributed by atoms with Crippen LogP contribution in [0.2, 0.25) is 0 Å². The summed E-state index contributed by atoms with van der Waals surface area (Å²) in [5, 5.41) is 4.04. The summed E-state index contributed by atoms with van der Waals surface area (Å²) < 4.78 is 0. The van der Waals surface area contributed by atoms with E-state index in [2.05, 4.69) is 20.3 Å². The van der Waals surface area contributed by atoms with Gasteiger partial charge in [-0.05, 0) is 29.1 Å². The number of benzene rings is 2. The molecule has 2 aromatic carbocycles. The Morgan fingerprint density at radius 3 is 2.81 bits per heavy atom. The average molecular weight is 343 g/mol. The number of carbonyl (C=O) groups is 1. The lowest BCUT2D eigenvalue weighted by Gasteiger charge is -2.10. The van der Waals surface area contributed by atoms with Gasteiger partial charge in [0.15, 0.2) is 0 Å². The molecule has 6 nitrogen and oxygen atoms in total. The second-order valence-corrected chi connectivity index (χ2v) is 5.94. The van der Waals surface area contributed by atoms with Crippen LogP contribution in [0.3, 0.4) is 0 Å². The molecule has 2 heterocycles. The lowest BCUT2D eigenvalue weighted by molar-refractivity contribution is 0.0951. The van der Waals surface area contributed by atoms with Crippen LogP contribution in [-0.2, 0) is 6.54 Å². The number of rotatable bonds is 4. The predicted molar refractivity (Wildman–Crippen MR) is 101 cm³/mol. The summed E-state index contributed by atoms with van der Waals surface area (Å²) in [4.78, 5) is 24.1. The van der Waals surface area contributed by atoms with Crippen molar-refractivity contribution in [1.82, 2.24) is 20.3 Å². The largest absolute Gasteiger partial charge is 0.368 e. The fourth-order valence-electron chi connectivity index (χ4n) is 2.87. The Morgan fingerprint density at radius 2 is 1.96 bits per heavy atom. The predicted octanol–water partition coefficient (Wildman–Crippen LogP) is 3.14. The van der Waals surface area contributed by atoms with E-state index in [1.54, 1.807) is 0 Å². The Kier molecular flexibility index (Phi) is 4.07. The molecule has 4 aromatic rings. The highest BCUT2D eigenvalue weighted by atomic mass is 16.1. The molecule has 4 rings (SSSR count). The van der Waals surface area contributed by atoms with E-state index in [1.165, 1.54) is 6.20 Å². The number of fused-ring (bicyclic) bond motifs is 1. The molecule has 0 atom stereocenters. The Hall–Kier alpha value is -3.67. The van der Waals surface area contributed by atoms with Crippen molar-refractivity contribution in [2.45, 2.75) is 6.54 Å². The van der Waals surface area contributed by atoms with Crippen molar-refractivity contribution in [2.24, 2.45) is 0 Å². The Bertz CT molecular complexity index is 1070. The number of hydrogen-bond acceptors (Lipinski definition) is 4. The third-order valence-electron chi connectivity index (χ3n) is 4.17. The summed E-state index contributed by atoms with van der Waals surface area (Å²) in [5.41, 5.74) is 9.54. The third kappa shape index (κ3) is 3.12. The number of nitrogens with zero attached hydrogens (tertiary/aromatic N) is 2. The zero-order valence-corrected chi connectivity index (χ0v) is 13.9. The molecule has 0 bridgehead atoms. The van der Waals surface area contributed by atoms with Crippen molar-refractivity contribution >= 4 is 22.8 Å². The molecule has 0 spiro atoms. The van der Waals surface area contributed by atoms with Crippen LogP contribution < -0.4 is 11.1 Å². The van der Waals surface area contributed by atoms with E-state index < -0.39 is 0 Å². The molecular formula is C20H17N5O. The number of aromatic amines is 1. The molecule has 0 aliphatic heterocycles. The normalized spacial score (nSPS) is 10.8. The topological polar surface area (TPSA) is 96.7 Å². The van der Waals surface area contributed by atoms with Gasteiger partial charge in [0, 0.05) is 30.0 Å². The van der Waals surface area contributed by atoms with Crippen LogP contribution in [0.4, 0.5) is 5.95 Å². The van der Waals surface area contributed by atoms with E-state index in [9.17, 15) is 4.79 Å². The summed E-state index contributed by atoms with van der Waals surface area (Å²) in [6.45, 7) is 0.415. The second-order valence-electron chi connectivity index (χ2n) is 5.94. The van der Waals surface area contributed by atoms with E-state index in [1.807, 2.05) is 60.8 Å². The Balaban J connectivity index is 1.58. The van der Waals surface area contributed by atoms with Crippen LogP contribution in [0.15, 0.2) is 67.0 Å². The zero-order chi connectivity index (χ0) is 17.9. The number of nitrogen functional groups attached to an aromatic ring is 1. The van der Waals surface area contributed by atoms with Gasteiger partial charge in [0.2, 0.25) is 5.95 Å². The molecule has 0 saturated heterocycles. The van der Waals surface area contributed by atoms with Crippen molar-refractivity contribution < 1.29 is 4.79 Å². The average Bonchev–Trinajstić information content (AvgIpc) is 3.14. The van der Waals surface area contributed by atoms with Gasteiger partial charge >= 0.3 is 0 Å². The minimum atomic E-state index is -0.238. The Labute approximate surface area is 150 Å². The van der Waals surface area contributed by atoms with Gasteiger partial charge in [-0.25, -0.2) is 9.97 Å². The standard InChI is InChI=1S/C20H17N5O/c21-20-24-12-16(18(25-20)14-4-2-1-3-5-14)19(26)23-11-13-6-7-17-15(10-13)8-9-22-17/h1-10,12,22H,11H2,(H,23,26)(H2,21,24,25). The summed E-state index contributed by atoms with van der Waals surface area (Å²) in [6, 6.07) is 17.5. The first-order valence-corrected chi connectivity index (χ1v) is 8.23. The molecule has 4 N–H and O–H groups in total. The maximum Gasteiger partial charge on any atom is 0.255 e. The fourth-order valence-corrected chi connectivity index (χ4v) is 2.87. The van der Waals surface area contributed by atoms with Crippen molar-refractivity contribution in [2.75, 3.05) is 5.73 Å². The molecule has 2 aromatic heterocycles. The number of anilines is 1. The maximum absolute atomic E-state index is 12.7. The van der Waals surface area contributed by atoms with E-state index in [0.717, 1.165) is 22.0 Å². The van der Waals surface area contributed by atoms with Crippen LogP contribution in [0.25, 0.3) is 22.2 Å². The van der Waals surface area contributed by atoms with Gasteiger partial charge < -0.3 is 16.0 Å². The van der Waals surface area contributed by atoms with Gasteiger partial charge in [-0.1, -0.05) is 36.4 Å². The summed E-state index contributed by atoms with van der Waals surface area (Å²) in [5.74, 6) is -0.101. The van der Waals surface area contributed by atoms with E-state index >= 15 is 0 Å². The summed E-state index contributed by atoms with van der Waals surface area (Å²) >= 11 is 0. The smallest absolute Gasteiger partial charge is 0.255 e. The highest BCUT2D eigenvalue weighted by molar-refractivity contribution is 5.99. The maximum atomic E-state index is 12.7. The monoisotopic (exact) mass is 343 g/mol. The summed E-state index contributed by atoms with van der Waals surface area (Å²) in [7, 11) is 0. The lowest BCUT2D eigenvalue weighted by atomic mass is 10.1. The van der Waals surface area contributed by atoms with Crippen molar-refractivity contribution in [1.29, 1.82) is 0 Å². The van der Waals surface area contributed by atoms with Gasteiger partial charge in [-0.2, -0.15) is 0 Å². The molecule has 0 radical (unpaired) electrons. The molecule has 0 saturated carbocycles. The van der Waals surface area contributed by atoms with Crippen LogP contribution in [0, 0.1) is 0 Å². The minimum Gasteiger partial charge on any atom is -0.368 e. The molecule has 0 fully saturated rings. The van der Waals surface area contributed by atoms with Crippen LogP contribution in [0.5, 0.6) is 0 Å². The fraction of sp³-hybridized carbons (Fsp3) is 0.0500. The number of H-pyrrole nitrogens is 1. The molecule has 0 unspecified atom stereocenters. The van der Waals surface area contributed by atoms with Crippen LogP contribution >= 0.6 is 0 Å². The van der Waals surface area contributed by atoms with Gasteiger partial charge in [0.1, 0.15) is 0 Å². The van der Waals surface area contributed by atoms with Gasteiger partial charge in [0.25, 0.3) is 5.91 Å². The highest BCUT2D eigenvalue weighted by Gasteiger charge is 2.15. The third-order valence-corrected chi connectivity index (χ3v) is 4.17. The molecular weight excluding hydrogens is 326 g/mol. The van der Waals surface area contributed by atoms with Gasteiger partial charge in [-0.3, -0.25) is 4.79 Å². The molecule has 0 aliphatic carbocycles. The van der Waals surface area contributed by atoms with E-state index in [4.69, 9.17) is 5.73 Å². The Morgan fingerprint density at radius 1 is 1.12 bits per heavy atom. The molecule has 128 valence electrons. The quantitative estimate of drug-likeness (QED) is 0.530. The SMILES string of the molecule is Nc1ncc(C(=O)NCc2ccc3[nH]ccc3c2)c(-c2ccccc2)n1. The number of hydrogen-bond donors (Lipinski definition) is 3. The van der Waals surface area contributed by atoms with Crippen molar-refractivity contribution in [3.63, 3.8) is 0 Å². The first-order chi connectivity index (χ1) is 12.7. The number of nitrogens with one attached hydrogen (secondary N) is 2. The van der Waals surface area contributed by atoms with Crippen molar-refractivity contribution in [3.05, 3.63) is 78.1 Å². The first-order valence-electron chi connectivity index (χ1n) is 8.23. The number of amides is 1.